The van der Waals surface area contributed by atoms with Gasteiger partial charge < -0.3 is 0 Å². The summed E-state index contributed by atoms with van der Waals surface area (Å²) in [6.45, 7) is 5.17. The lowest BCUT2D eigenvalue weighted by Crippen LogP contribution is -2.64. The Bertz CT molecular complexity index is 759. The number of nitrogens with zero attached hydrogens (tertiary/aromatic N) is 2. The van der Waals surface area contributed by atoms with E-state index in [1.165, 1.54) is 44.1 Å². The molecule has 4 saturated carbocycles. The average Bonchev–Trinajstić information content (AvgIpc) is 2.67. The summed E-state index contributed by atoms with van der Waals surface area (Å²) < 4.78 is 27.8. The second-order valence-electron chi connectivity index (χ2n) is 9.53. The molecule has 6 rings (SSSR count). The number of sulfonamides is 1. The minimum atomic E-state index is -3.36. The predicted molar refractivity (Wildman–Crippen MR) is 107 cm³/mol. The first kappa shape index (κ1) is 18.1. The maximum absolute atomic E-state index is 13.0. The predicted octanol–water partition coefficient (Wildman–Crippen LogP) is 3.52. The summed E-state index contributed by atoms with van der Waals surface area (Å²) in [6.07, 6.45) is 9.41. The zero-order valence-corrected chi connectivity index (χ0v) is 17.3. The number of hydrogen-bond donors (Lipinski definition) is 0. The van der Waals surface area contributed by atoms with Gasteiger partial charge in [0, 0.05) is 31.7 Å². The van der Waals surface area contributed by atoms with Gasteiger partial charge in [-0.05, 0) is 80.4 Å². The van der Waals surface area contributed by atoms with E-state index in [1.807, 2.05) is 12.1 Å². The van der Waals surface area contributed by atoms with Crippen molar-refractivity contribution in [3.63, 3.8) is 0 Å². The van der Waals surface area contributed by atoms with Crippen LogP contribution in [0.5, 0.6) is 0 Å². The Kier molecular flexibility index (Phi) is 4.41. The lowest BCUT2D eigenvalue weighted by molar-refractivity contribution is -0.0964. The molecule has 0 unspecified atom stereocenters. The Morgan fingerprint density at radius 3 is 1.89 bits per heavy atom. The van der Waals surface area contributed by atoms with Crippen LogP contribution >= 0.6 is 0 Å². The van der Waals surface area contributed by atoms with Crippen molar-refractivity contribution in [3.8, 4) is 0 Å². The molecule has 4 bridgehead atoms. The van der Waals surface area contributed by atoms with Gasteiger partial charge in [0.15, 0.2) is 0 Å². The maximum atomic E-state index is 13.0. The number of hydrogen-bond acceptors (Lipinski definition) is 3. The highest BCUT2D eigenvalue weighted by Crippen LogP contribution is 2.57. The van der Waals surface area contributed by atoms with Crippen LogP contribution in [-0.4, -0.2) is 49.3 Å². The van der Waals surface area contributed by atoms with Gasteiger partial charge in [-0.1, -0.05) is 19.1 Å². The normalized spacial score (nSPS) is 37.0. The first-order chi connectivity index (χ1) is 13.0. The minimum absolute atomic E-state index is 0.396. The van der Waals surface area contributed by atoms with E-state index in [2.05, 4.69) is 11.8 Å². The van der Waals surface area contributed by atoms with Gasteiger partial charge in [-0.2, -0.15) is 4.31 Å². The largest absolute Gasteiger partial charge is 0.295 e. The molecule has 0 aromatic heterocycles. The van der Waals surface area contributed by atoms with E-state index in [-0.39, 0.29) is 0 Å². The molecule has 1 saturated heterocycles. The van der Waals surface area contributed by atoms with Crippen LogP contribution in [0.25, 0.3) is 0 Å². The quantitative estimate of drug-likeness (QED) is 0.792. The summed E-state index contributed by atoms with van der Waals surface area (Å²) >= 11 is 0. The van der Waals surface area contributed by atoms with Crippen molar-refractivity contribution in [1.82, 2.24) is 9.21 Å². The van der Waals surface area contributed by atoms with E-state index >= 15 is 0 Å². The molecule has 1 aromatic rings. The zero-order valence-electron chi connectivity index (χ0n) is 16.4. The third kappa shape index (κ3) is 3.06. The van der Waals surface area contributed by atoms with Crippen LogP contribution < -0.4 is 0 Å². The van der Waals surface area contributed by atoms with Gasteiger partial charge in [-0.15, -0.1) is 0 Å². The van der Waals surface area contributed by atoms with E-state index in [0.717, 1.165) is 37.3 Å². The molecule has 0 spiro atoms. The zero-order chi connectivity index (χ0) is 18.6. The monoisotopic (exact) mass is 388 g/mol. The lowest BCUT2D eigenvalue weighted by Gasteiger charge is -2.61. The van der Waals surface area contributed by atoms with E-state index in [9.17, 15) is 8.42 Å². The molecule has 27 heavy (non-hydrogen) atoms. The van der Waals surface area contributed by atoms with Crippen molar-refractivity contribution in [1.29, 1.82) is 0 Å². The van der Waals surface area contributed by atoms with Crippen molar-refractivity contribution in [3.05, 3.63) is 29.8 Å². The molecule has 148 valence electrons. The van der Waals surface area contributed by atoms with Gasteiger partial charge in [0.2, 0.25) is 10.0 Å². The Morgan fingerprint density at radius 2 is 1.41 bits per heavy atom. The van der Waals surface area contributed by atoms with Crippen molar-refractivity contribution in [2.24, 2.45) is 17.8 Å². The maximum Gasteiger partial charge on any atom is 0.243 e. The second kappa shape index (κ2) is 6.57. The number of benzene rings is 1. The topological polar surface area (TPSA) is 40.6 Å². The first-order valence-corrected chi connectivity index (χ1v) is 12.3. The first-order valence-electron chi connectivity index (χ1n) is 10.8. The summed E-state index contributed by atoms with van der Waals surface area (Å²) in [5.74, 6) is 2.82. The third-order valence-corrected chi connectivity index (χ3v) is 9.80. The Balaban J connectivity index is 1.28. The van der Waals surface area contributed by atoms with Crippen LogP contribution in [-0.2, 0) is 16.4 Å². The molecule has 5 fully saturated rings. The number of piperazine rings is 1. The molecular weight excluding hydrogens is 356 g/mol. The summed E-state index contributed by atoms with van der Waals surface area (Å²) in [5, 5.41) is 0. The second-order valence-corrected chi connectivity index (χ2v) is 11.5. The molecule has 0 N–H and O–H groups in total. The highest BCUT2D eigenvalue weighted by Gasteiger charge is 2.53. The van der Waals surface area contributed by atoms with Crippen LogP contribution in [0.4, 0.5) is 0 Å². The number of aryl methyl sites for hydroxylation is 1. The SMILES string of the molecule is CCc1ccc(S(=O)(=O)N2CCN(C34CC5CC(CC(C5)C3)C4)CC2)cc1. The fourth-order valence-electron chi connectivity index (χ4n) is 6.90. The Morgan fingerprint density at radius 1 is 0.889 bits per heavy atom. The number of rotatable bonds is 4. The molecule has 1 aliphatic heterocycles. The minimum Gasteiger partial charge on any atom is -0.295 e. The molecule has 5 heteroatoms. The smallest absolute Gasteiger partial charge is 0.243 e. The fraction of sp³-hybridized carbons (Fsp3) is 0.727. The van der Waals surface area contributed by atoms with Gasteiger partial charge in [0.25, 0.3) is 0 Å². The van der Waals surface area contributed by atoms with E-state index < -0.39 is 10.0 Å². The summed E-state index contributed by atoms with van der Waals surface area (Å²) in [5.41, 5.74) is 1.58. The standard InChI is InChI=1S/C22H32N2O2S/c1-2-17-3-5-21(6-4-17)27(25,26)24-9-7-23(8-10-24)22-14-18-11-19(15-22)13-20(12-18)16-22/h3-6,18-20H,2,7-16H2,1H3. The molecule has 4 aliphatic carbocycles. The molecule has 0 atom stereocenters. The molecule has 5 aliphatic rings. The molecule has 4 nitrogen and oxygen atoms in total. The van der Waals surface area contributed by atoms with Crippen LogP contribution in [0.1, 0.15) is 51.0 Å². The van der Waals surface area contributed by atoms with Crippen molar-refractivity contribution in [2.75, 3.05) is 26.2 Å². The Labute approximate surface area is 164 Å². The summed E-state index contributed by atoms with van der Waals surface area (Å²) in [7, 11) is -3.36. The van der Waals surface area contributed by atoms with Gasteiger partial charge in [0.1, 0.15) is 0 Å². The fourth-order valence-corrected chi connectivity index (χ4v) is 8.32. The lowest BCUT2D eigenvalue weighted by atomic mass is 9.52. The van der Waals surface area contributed by atoms with Gasteiger partial charge in [0.05, 0.1) is 4.90 Å². The average molecular weight is 389 g/mol. The van der Waals surface area contributed by atoms with E-state index in [4.69, 9.17) is 0 Å². The summed E-state index contributed by atoms with van der Waals surface area (Å²) in [4.78, 5) is 3.13. The molecular formula is C22H32N2O2S. The van der Waals surface area contributed by atoms with Crippen LogP contribution in [0.3, 0.4) is 0 Å². The van der Waals surface area contributed by atoms with Crippen molar-refractivity contribution in [2.45, 2.75) is 62.3 Å². The van der Waals surface area contributed by atoms with Crippen LogP contribution in [0, 0.1) is 17.8 Å². The van der Waals surface area contributed by atoms with E-state index in [1.54, 1.807) is 16.4 Å². The molecule has 1 heterocycles. The van der Waals surface area contributed by atoms with Gasteiger partial charge >= 0.3 is 0 Å². The molecule has 1 aromatic carbocycles. The van der Waals surface area contributed by atoms with Gasteiger partial charge in [-0.3, -0.25) is 4.90 Å². The van der Waals surface area contributed by atoms with Gasteiger partial charge in [-0.25, -0.2) is 8.42 Å². The third-order valence-electron chi connectivity index (χ3n) is 7.88. The van der Waals surface area contributed by atoms with E-state index in [0.29, 0.717) is 23.5 Å². The van der Waals surface area contributed by atoms with Crippen molar-refractivity contribution < 1.29 is 8.42 Å². The van der Waals surface area contributed by atoms with Crippen LogP contribution in [0.15, 0.2) is 29.2 Å². The summed E-state index contributed by atoms with van der Waals surface area (Å²) in [6, 6.07) is 7.44. The molecule has 0 radical (unpaired) electrons. The highest BCUT2D eigenvalue weighted by molar-refractivity contribution is 7.89. The van der Waals surface area contributed by atoms with Crippen molar-refractivity contribution >= 4 is 10.0 Å². The Hall–Kier alpha value is -0.910. The molecule has 0 amide bonds. The highest BCUT2D eigenvalue weighted by atomic mass is 32.2. The van der Waals surface area contributed by atoms with Crippen LogP contribution in [0.2, 0.25) is 0 Å².